The molecule has 0 saturated heterocycles. The van der Waals surface area contributed by atoms with Gasteiger partial charge in [0.25, 0.3) is 0 Å². The molecule has 30 heavy (non-hydrogen) atoms. The lowest BCUT2D eigenvalue weighted by Crippen LogP contribution is -1.99. The van der Waals surface area contributed by atoms with Gasteiger partial charge in [-0.2, -0.15) is 5.10 Å². The first-order chi connectivity index (χ1) is 14.5. The third-order valence-corrected chi connectivity index (χ3v) is 5.25. The topological polar surface area (TPSA) is 54.6 Å². The molecule has 3 heterocycles. The summed E-state index contributed by atoms with van der Waals surface area (Å²) in [6, 6.07) is 14.4. The van der Waals surface area contributed by atoms with Crippen LogP contribution in [-0.2, 0) is 6.54 Å². The molecule has 3 aromatic heterocycles. The molecular weight excluding hydrogens is 388 g/mol. The molecule has 4 nitrogen and oxygen atoms in total. The SMILES string of the molecule is C/C=C(\C=N)c1ccc2scc(-c3cnn(Cc4ccccc4)c3)c2n1.CC(C)C. The second-order valence-electron chi connectivity index (χ2n) is 7.73. The lowest BCUT2D eigenvalue weighted by molar-refractivity contribution is 0.687. The zero-order chi connectivity index (χ0) is 21.5. The van der Waals surface area contributed by atoms with E-state index < -0.39 is 0 Å². The van der Waals surface area contributed by atoms with Crippen molar-refractivity contribution in [1.29, 1.82) is 5.41 Å². The minimum absolute atomic E-state index is 0.748. The summed E-state index contributed by atoms with van der Waals surface area (Å²) in [6.07, 6.45) is 7.21. The standard InChI is InChI=1S/C21H18N4S.C4H10/c1-2-16(10-22)19-8-9-20-21(24-19)18(14-26-20)17-11-23-25(13-17)12-15-6-4-3-5-7-15;1-4(2)3/h2-11,13-14,22H,12H2,1H3;4H,1-3H3/b16-2+,22-10?;. The van der Waals surface area contributed by atoms with E-state index in [2.05, 4.69) is 55.6 Å². The summed E-state index contributed by atoms with van der Waals surface area (Å²) in [6.45, 7) is 9.17. The van der Waals surface area contributed by atoms with E-state index in [1.54, 1.807) is 11.3 Å². The lowest BCUT2D eigenvalue weighted by atomic mass is 10.1. The van der Waals surface area contributed by atoms with Gasteiger partial charge in [-0.05, 0) is 30.5 Å². The van der Waals surface area contributed by atoms with Gasteiger partial charge in [0.05, 0.1) is 28.7 Å². The zero-order valence-electron chi connectivity index (χ0n) is 18.0. The van der Waals surface area contributed by atoms with Gasteiger partial charge in [-0.1, -0.05) is 57.2 Å². The minimum atomic E-state index is 0.748. The maximum absolute atomic E-state index is 7.55. The Labute approximate surface area is 182 Å². The average Bonchev–Trinajstić information content (AvgIpc) is 3.36. The summed E-state index contributed by atoms with van der Waals surface area (Å²) >= 11 is 1.68. The van der Waals surface area contributed by atoms with Crippen molar-refractivity contribution in [3.05, 3.63) is 77.6 Å². The predicted molar refractivity (Wildman–Crippen MR) is 129 cm³/mol. The van der Waals surface area contributed by atoms with Gasteiger partial charge in [0.15, 0.2) is 0 Å². The van der Waals surface area contributed by atoms with Crippen molar-refractivity contribution in [3.63, 3.8) is 0 Å². The number of fused-ring (bicyclic) bond motifs is 1. The molecular formula is C25H28N4S. The molecule has 0 amide bonds. The third kappa shape index (κ3) is 5.30. The fraction of sp³-hybridized carbons (Fsp3) is 0.240. The van der Waals surface area contributed by atoms with Gasteiger partial charge in [0.1, 0.15) is 0 Å². The van der Waals surface area contributed by atoms with Gasteiger partial charge >= 0.3 is 0 Å². The molecule has 0 fully saturated rings. The van der Waals surface area contributed by atoms with Crippen LogP contribution in [0.25, 0.3) is 26.9 Å². The van der Waals surface area contributed by atoms with Crippen LogP contribution in [-0.4, -0.2) is 21.0 Å². The molecule has 0 atom stereocenters. The predicted octanol–water partition coefficient (Wildman–Crippen LogP) is 6.92. The third-order valence-electron chi connectivity index (χ3n) is 4.31. The van der Waals surface area contributed by atoms with Crippen molar-refractivity contribution in [1.82, 2.24) is 14.8 Å². The van der Waals surface area contributed by atoms with E-state index in [0.717, 1.165) is 45.1 Å². The van der Waals surface area contributed by atoms with Crippen molar-refractivity contribution in [2.45, 2.75) is 34.2 Å². The largest absolute Gasteiger partial charge is 0.308 e. The Hall–Kier alpha value is -3.05. The number of thiophene rings is 1. The van der Waals surface area contributed by atoms with Crippen molar-refractivity contribution in [2.75, 3.05) is 0 Å². The Kier molecular flexibility index (Phi) is 7.31. The fourth-order valence-corrected chi connectivity index (χ4v) is 3.85. The Morgan fingerprint density at radius 3 is 2.53 bits per heavy atom. The maximum Gasteiger partial charge on any atom is 0.0896 e. The summed E-state index contributed by atoms with van der Waals surface area (Å²) in [5, 5.41) is 14.2. The van der Waals surface area contributed by atoms with Gasteiger partial charge in [-0.25, -0.2) is 4.98 Å². The van der Waals surface area contributed by atoms with Gasteiger partial charge in [-0.15, -0.1) is 11.3 Å². The number of allylic oxidation sites excluding steroid dienone is 2. The highest BCUT2D eigenvalue weighted by atomic mass is 32.1. The molecule has 5 heteroatoms. The van der Waals surface area contributed by atoms with Crippen molar-refractivity contribution >= 4 is 33.3 Å². The number of hydrogen-bond donors (Lipinski definition) is 1. The Morgan fingerprint density at radius 1 is 1.13 bits per heavy atom. The molecule has 154 valence electrons. The molecule has 0 radical (unpaired) electrons. The highest BCUT2D eigenvalue weighted by Gasteiger charge is 2.12. The first-order valence-electron chi connectivity index (χ1n) is 10.1. The number of benzene rings is 1. The highest BCUT2D eigenvalue weighted by Crippen LogP contribution is 2.33. The average molecular weight is 417 g/mol. The van der Waals surface area contributed by atoms with E-state index in [1.165, 1.54) is 11.8 Å². The van der Waals surface area contributed by atoms with Crippen molar-refractivity contribution in [3.8, 4) is 11.1 Å². The Bertz CT molecular complexity index is 1130. The van der Waals surface area contributed by atoms with Crippen LogP contribution in [0.5, 0.6) is 0 Å². The van der Waals surface area contributed by atoms with E-state index in [1.807, 2.05) is 48.1 Å². The van der Waals surface area contributed by atoms with E-state index >= 15 is 0 Å². The summed E-state index contributed by atoms with van der Waals surface area (Å²) < 4.78 is 3.09. The molecule has 0 aliphatic rings. The smallest absolute Gasteiger partial charge is 0.0896 e. The maximum atomic E-state index is 7.55. The summed E-state index contributed by atoms with van der Waals surface area (Å²) in [7, 11) is 0. The van der Waals surface area contributed by atoms with Gasteiger partial charge in [-0.3, -0.25) is 4.68 Å². The Morgan fingerprint density at radius 2 is 1.87 bits per heavy atom. The molecule has 0 aliphatic heterocycles. The second kappa shape index (κ2) is 10.1. The molecule has 1 aromatic carbocycles. The van der Waals surface area contributed by atoms with E-state index in [0.29, 0.717) is 0 Å². The second-order valence-corrected chi connectivity index (χ2v) is 8.64. The van der Waals surface area contributed by atoms with E-state index in [-0.39, 0.29) is 0 Å². The van der Waals surface area contributed by atoms with Crippen LogP contribution in [0.3, 0.4) is 0 Å². The molecule has 0 bridgehead atoms. The van der Waals surface area contributed by atoms with Crippen LogP contribution in [0, 0.1) is 11.3 Å². The molecule has 0 aliphatic carbocycles. The monoisotopic (exact) mass is 416 g/mol. The van der Waals surface area contributed by atoms with E-state index in [9.17, 15) is 0 Å². The molecule has 0 spiro atoms. The number of hydrogen-bond acceptors (Lipinski definition) is 4. The lowest BCUT2D eigenvalue weighted by Gasteiger charge is -2.02. The number of aromatic nitrogens is 3. The van der Waals surface area contributed by atoms with Crippen LogP contribution in [0.2, 0.25) is 0 Å². The fourth-order valence-electron chi connectivity index (χ4n) is 2.94. The van der Waals surface area contributed by atoms with E-state index in [4.69, 9.17) is 10.4 Å². The van der Waals surface area contributed by atoms with Crippen LogP contribution in [0.15, 0.2) is 66.3 Å². The van der Waals surface area contributed by atoms with Crippen LogP contribution in [0.1, 0.15) is 39.0 Å². The molecule has 1 N–H and O–H groups in total. The number of pyridine rings is 1. The normalized spacial score (nSPS) is 11.4. The molecule has 4 rings (SSSR count). The van der Waals surface area contributed by atoms with Crippen LogP contribution in [0.4, 0.5) is 0 Å². The summed E-state index contributed by atoms with van der Waals surface area (Å²) in [5.74, 6) is 0.833. The minimum Gasteiger partial charge on any atom is -0.308 e. The zero-order valence-corrected chi connectivity index (χ0v) is 18.8. The van der Waals surface area contributed by atoms with Gasteiger partial charge in [0.2, 0.25) is 0 Å². The van der Waals surface area contributed by atoms with Crippen LogP contribution >= 0.6 is 11.3 Å². The first-order valence-corrected chi connectivity index (χ1v) is 11.0. The number of nitrogens with zero attached hydrogens (tertiary/aromatic N) is 3. The molecule has 0 saturated carbocycles. The van der Waals surface area contributed by atoms with Gasteiger partial charge in [0, 0.05) is 34.5 Å². The summed E-state index contributed by atoms with van der Waals surface area (Å²) in [4.78, 5) is 4.80. The number of nitrogens with one attached hydrogen (secondary N) is 1. The highest BCUT2D eigenvalue weighted by molar-refractivity contribution is 7.17. The van der Waals surface area contributed by atoms with Gasteiger partial charge < -0.3 is 5.41 Å². The van der Waals surface area contributed by atoms with Crippen molar-refractivity contribution < 1.29 is 0 Å². The van der Waals surface area contributed by atoms with Crippen LogP contribution < -0.4 is 0 Å². The quantitative estimate of drug-likeness (QED) is 0.359. The number of rotatable bonds is 5. The van der Waals surface area contributed by atoms with Crippen molar-refractivity contribution in [2.24, 2.45) is 5.92 Å². The first kappa shape index (κ1) is 21.7. The molecule has 4 aromatic rings. The Balaban J connectivity index is 0.000000589. The summed E-state index contributed by atoms with van der Waals surface area (Å²) in [5.41, 5.74) is 5.99. The molecule has 0 unspecified atom stereocenters.